The number of nitrogens with two attached hydrogens (primary N) is 1. The van der Waals surface area contributed by atoms with E-state index in [1.165, 1.54) is 31.0 Å². The van der Waals surface area contributed by atoms with Gasteiger partial charge in [-0.05, 0) is 59.8 Å². The summed E-state index contributed by atoms with van der Waals surface area (Å²) >= 11 is 4.72. The first-order valence-corrected chi connectivity index (χ1v) is 12.0. The Morgan fingerprint density at radius 2 is 2.03 bits per heavy atom. The molecule has 162 valence electrons. The summed E-state index contributed by atoms with van der Waals surface area (Å²) in [5.41, 5.74) is 6.46. The summed E-state index contributed by atoms with van der Waals surface area (Å²) in [7, 11) is 0. The lowest BCUT2D eigenvalue weighted by Gasteiger charge is -2.19. The third-order valence-electron chi connectivity index (χ3n) is 4.97. The number of aromatic nitrogens is 3. The van der Waals surface area contributed by atoms with Gasteiger partial charge in [0.25, 0.3) is 0 Å². The Labute approximate surface area is 184 Å². The average molecular weight is 488 g/mol. The van der Waals surface area contributed by atoms with Crippen LogP contribution in [-0.4, -0.2) is 45.0 Å². The van der Waals surface area contributed by atoms with Gasteiger partial charge >= 0.3 is 0 Å². The van der Waals surface area contributed by atoms with E-state index in [9.17, 15) is 9.50 Å². The van der Waals surface area contributed by atoms with Crippen LogP contribution in [0.1, 0.15) is 52.1 Å². The van der Waals surface area contributed by atoms with Gasteiger partial charge in [-0.3, -0.25) is 0 Å². The number of nitrogens with zero attached hydrogens (tertiary/aromatic N) is 3. The molecule has 0 aliphatic carbocycles. The lowest BCUT2D eigenvalue weighted by molar-refractivity contribution is 0.101. The van der Waals surface area contributed by atoms with Gasteiger partial charge < -0.3 is 16.2 Å². The van der Waals surface area contributed by atoms with Crippen LogP contribution in [0.2, 0.25) is 0 Å². The second-order valence-corrected chi connectivity index (χ2v) is 8.98. The number of rotatable bonds is 5. The number of hydrogen-bond donors (Lipinski definition) is 3. The number of aryl methyl sites for hydroxylation is 1. The number of thioether (sulfide) groups is 1. The number of anilines is 1. The van der Waals surface area contributed by atoms with Crippen molar-refractivity contribution in [2.75, 3.05) is 24.6 Å². The minimum absolute atomic E-state index is 0.0828. The van der Waals surface area contributed by atoms with Gasteiger partial charge in [-0.2, -0.15) is 0 Å². The Bertz CT molecular complexity index is 802. The monoisotopic (exact) mass is 487 g/mol. The lowest BCUT2D eigenvalue weighted by Crippen LogP contribution is -2.29. The van der Waals surface area contributed by atoms with Gasteiger partial charge in [-0.25, -0.2) is 19.3 Å². The molecule has 1 aliphatic rings. The van der Waals surface area contributed by atoms with Gasteiger partial charge in [0.1, 0.15) is 15.9 Å². The van der Waals surface area contributed by atoms with Crippen LogP contribution in [0.3, 0.4) is 0 Å². The maximum absolute atomic E-state index is 14.2. The average Bonchev–Trinajstić information content (AvgIpc) is 3.00. The number of aliphatic hydroxyl groups is 1. The number of halogens is 2. The van der Waals surface area contributed by atoms with Crippen LogP contribution in [0.15, 0.2) is 9.76 Å². The van der Waals surface area contributed by atoms with E-state index in [1.807, 2.05) is 13.8 Å². The molecule has 2 aromatic heterocycles. The van der Waals surface area contributed by atoms with Crippen molar-refractivity contribution in [2.45, 2.75) is 64.1 Å². The summed E-state index contributed by atoms with van der Waals surface area (Å²) in [4.78, 5) is 12.5. The van der Waals surface area contributed by atoms with E-state index in [4.69, 9.17) is 5.73 Å². The van der Waals surface area contributed by atoms with Gasteiger partial charge in [-0.1, -0.05) is 39.0 Å². The molecule has 0 saturated carbocycles. The van der Waals surface area contributed by atoms with Crippen molar-refractivity contribution >= 4 is 44.4 Å². The second kappa shape index (κ2) is 12.0. The highest BCUT2D eigenvalue weighted by Crippen LogP contribution is 2.30. The molecular weight excluding hydrogens is 457 g/mol. The minimum Gasteiger partial charge on any atom is -0.393 e. The van der Waals surface area contributed by atoms with Crippen molar-refractivity contribution in [1.29, 1.82) is 0 Å². The molecule has 1 saturated heterocycles. The van der Waals surface area contributed by atoms with Crippen LogP contribution < -0.4 is 11.1 Å². The third kappa shape index (κ3) is 6.47. The SMILES string of the molecule is CCC(O)C1CCCCNC1.CCSc1nc(N)c2c(Br)nc(CC)c(F)c2n1. The van der Waals surface area contributed by atoms with Gasteiger partial charge in [0.2, 0.25) is 0 Å². The van der Waals surface area contributed by atoms with Crippen LogP contribution in [0.5, 0.6) is 0 Å². The molecule has 0 radical (unpaired) electrons. The molecule has 2 aromatic rings. The van der Waals surface area contributed by atoms with Gasteiger partial charge in [0.15, 0.2) is 11.0 Å². The third-order valence-corrected chi connectivity index (χ3v) is 6.28. The van der Waals surface area contributed by atoms with Gasteiger partial charge in [-0.15, -0.1) is 0 Å². The van der Waals surface area contributed by atoms with Gasteiger partial charge in [0, 0.05) is 6.54 Å². The Morgan fingerprint density at radius 3 is 2.69 bits per heavy atom. The van der Waals surface area contributed by atoms with E-state index in [0.29, 0.717) is 33.2 Å². The number of nitrogens with one attached hydrogen (secondary N) is 1. The number of fused-ring (bicyclic) bond motifs is 1. The quantitative estimate of drug-likeness (QED) is 0.328. The van der Waals surface area contributed by atoms with Crippen molar-refractivity contribution in [3.8, 4) is 0 Å². The zero-order chi connectivity index (χ0) is 21.4. The zero-order valence-electron chi connectivity index (χ0n) is 17.3. The molecule has 2 unspecified atom stereocenters. The first kappa shape index (κ1) is 24.2. The summed E-state index contributed by atoms with van der Waals surface area (Å²) in [6, 6.07) is 0. The lowest BCUT2D eigenvalue weighted by atomic mass is 9.95. The highest BCUT2D eigenvalue weighted by molar-refractivity contribution is 9.10. The van der Waals surface area contributed by atoms with Crippen molar-refractivity contribution in [2.24, 2.45) is 5.92 Å². The highest BCUT2D eigenvalue weighted by atomic mass is 79.9. The Kier molecular flexibility index (Phi) is 10.0. The molecule has 3 heterocycles. The molecule has 0 aromatic carbocycles. The molecule has 0 bridgehead atoms. The number of nitrogen functional groups attached to an aromatic ring is 1. The molecule has 4 N–H and O–H groups in total. The summed E-state index contributed by atoms with van der Waals surface area (Å²) in [5.74, 6) is 1.14. The molecular formula is C20H31BrFN5OS. The zero-order valence-corrected chi connectivity index (χ0v) is 19.7. The van der Waals surface area contributed by atoms with E-state index < -0.39 is 5.82 Å². The van der Waals surface area contributed by atoms with E-state index in [0.717, 1.165) is 25.3 Å². The smallest absolute Gasteiger partial charge is 0.190 e. The van der Waals surface area contributed by atoms with Gasteiger partial charge in [0.05, 0.1) is 17.2 Å². The topological polar surface area (TPSA) is 97.0 Å². The fourth-order valence-corrected chi connectivity index (χ4v) is 4.50. The highest BCUT2D eigenvalue weighted by Gasteiger charge is 2.19. The summed E-state index contributed by atoms with van der Waals surface area (Å²) < 4.78 is 14.7. The maximum Gasteiger partial charge on any atom is 0.190 e. The normalized spacial score (nSPS) is 18.1. The molecule has 0 amide bonds. The maximum atomic E-state index is 14.2. The number of aliphatic hydroxyl groups excluding tert-OH is 1. The molecule has 0 spiro atoms. The molecule has 1 aliphatic heterocycles. The van der Waals surface area contributed by atoms with Crippen molar-refractivity contribution in [1.82, 2.24) is 20.3 Å². The predicted molar refractivity (Wildman–Crippen MR) is 122 cm³/mol. The first-order valence-electron chi connectivity index (χ1n) is 10.2. The van der Waals surface area contributed by atoms with E-state index in [1.54, 1.807) is 0 Å². The van der Waals surface area contributed by atoms with Crippen molar-refractivity contribution < 1.29 is 9.50 Å². The largest absolute Gasteiger partial charge is 0.393 e. The molecule has 2 atom stereocenters. The van der Waals surface area contributed by atoms with Crippen LogP contribution in [0.4, 0.5) is 10.2 Å². The van der Waals surface area contributed by atoms with E-state index >= 15 is 0 Å². The first-order chi connectivity index (χ1) is 13.9. The van der Waals surface area contributed by atoms with Crippen LogP contribution >= 0.6 is 27.7 Å². The Morgan fingerprint density at radius 1 is 1.28 bits per heavy atom. The molecule has 6 nitrogen and oxygen atoms in total. The Hall–Kier alpha value is -1.03. The number of pyridine rings is 1. The summed E-state index contributed by atoms with van der Waals surface area (Å²) in [6.45, 7) is 8.01. The van der Waals surface area contributed by atoms with Crippen LogP contribution in [-0.2, 0) is 6.42 Å². The molecule has 1 fully saturated rings. The second-order valence-electron chi connectivity index (χ2n) is 7.00. The summed E-state index contributed by atoms with van der Waals surface area (Å²) in [6.07, 6.45) is 5.05. The minimum atomic E-state index is -0.414. The van der Waals surface area contributed by atoms with Crippen molar-refractivity contribution in [3.05, 3.63) is 16.1 Å². The summed E-state index contributed by atoms with van der Waals surface area (Å²) in [5, 5.41) is 13.8. The van der Waals surface area contributed by atoms with E-state index in [-0.39, 0.29) is 17.4 Å². The standard InChI is InChI=1S/C11H12BrFN4S.C9H19NO/c1-3-5-7(13)8-6(9(12)15-5)10(14)17-11(16-8)18-4-2;1-2-9(11)8-5-3-4-6-10-7-8/h3-4H2,1-2H3,(H2,14,16,17);8-11H,2-7H2,1H3. The molecule has 29 heavy (non-hydrogen) atoms. The number of hydrogen-bond acceptors (Lipinski definition) is 7. The molecule has 3 rings (SSSR count). The van der Waals surface area contributed by atoms with E-state index in [2.05, 4.69) is 43.1 Å². The fraction of sp³-hybridized carbons (Fsp3) is 0.650. The van der Waals surface area contributed by atoms with Crippen LogP contribution in [0.25, 0.3) is 10.9 Å². The Balaban J connectivity index is 0.000000234. The van der Waals surface area contributed by atoms with Crippen molar-refractivity contribution in [3.63, 3.8) is 0 Å². The predicted octanol–water partition coefficient (Wildman–Crippen LogP) is 4.33. The molecule has 9 heteroatoms. The fourth-order valence-electron chi connectivity index (χ4n) is 3.31. The van der Waals surface area contributed by atoms with Crippen LogP contribution in [0, 0.1) is 11.7 Å².